The Morgan fingerprint density at radius 2 is 2.06 bits per heavy atom. The minimum absolute atomic E-state index is 0.0420. The van der Waals surface area contributed by atoms with Crippen LogP contribution in [0.1, 0.15) is 34.9 Å². The summed E-state index contributed by atoms with van der Waals surface area (Å²) < 4.78 is 12.4. The van der Waals surface area contributed by atoms with E-state index >= 15 is 0 Å². The van der Waals surface area contributed by atoms with Crippen LogP contribution >= 0.6 is 0 Å². The van der Waals surface area contributed by atoms with Crippen molar-refractivity contribution in [3.8, 4) is 17.2 Å². The van der Waals surface area contributed by atoms with Gasteiger partial charge in [-0.2, -0.15) is 0 Å². The van der Waals surface area contributed by atoms with Gasteiger partial charge in [0, 0.05) is 29.0 Å². The van der Waals surface area contributed by atoms with Gasteiger partial charge < -0.3 is 24.6 Å². The maximum atomic E-state index is 12.5. The molecule has 1 spiro atoms. The Morgan fingerprint density at radius 1 is 1.23 bits per heavy atom. The Hall–Kier alpha value is -2.83. The van der Waals surface area contributed by atoms with E-state index < -0.39 is 17.1 Å². The van der Waals surface area contributed by atoms with Gasteiger partial charge in [-0.3, -0.25) is 0 Å². The molecule has 1 saturated heterocycles. The third kappa shape index (κ3) is 1.82. The summed E-state index contributed by atoms with van der Waals surface area (Å²) in [5.74, 6) is 1.42. The molecule has 2 aromatic carbocycles. The number of para-hydroxylation sites is 1. The third-order valence-corrected chi connectivity index (χ3v) is 8.35. The number of piperidine rings is 1. The molecular formula is C25H24N2O4. The summed E-state index contributed by atoms with van der Waals surface area (Å²) >= 11 is 0. The number of nitrogens with zero attached hydrogens (tertiary/aromatic N) is 2. The van der Waals surface area contributed by atoms with E-state index in [1.165, 1.54) is 0 Å². The Morgan fingerprint density at radius 3 is 2.90 bits per heavy atom. The predicted molar refractivity (Wildman–Crippen MR) is 115 cm³/mol. The first-order valence-electron chi connectivity index (χ1n) is 10.9. The van der Waals surface area contributed by atoms with Crippen molar-refractivity contribution in [2.24, 2.45) is 0 Å². The zero-order valence-electron chi connectivity index (χ0n) is 17.6. The molecule has 4 atom stereocenters. The third-order valence-electron chi connectivity index (χ3n) is 8.35. The van der Waals surface area contributed by atoms with E-state index in [0.717, 1.165) is 58.4 Å². The highest BCUT2D eigenvalue weighted by Gasteiger charge is 2.72. The highest BCUT2D eigenvalue weighted by molar-refractivity contribution is 5.87. The smallest absolute Gasteiger partial charge is 0.166 e. The summed E-state index contributed by atoms with van der Waals surface area (Å²) in [5, 5.41) is 24.2. The topological polar surface area (TPSA) is 75.0 Å². The number of hydrogen-bond donors (Lipinski definition) is 2. The Kier molecular flexibility index (Phi) is 3.16. The van der Waals surface area contributed by atoms with Crippen molar-refractivity contribution in [3.63, 3.8) is 0 Å². The number of aromatic nitrogens is 1. The lowest BCUT2D eigenvalue weighted by atomic mass is 9.49. The molecule has 2 bridgehead atoms. The normalized spacial score (nSPS) is 32.4. The van der Waals surface area contributed by atoms with Gasteiger partial charge in [0.05, 0.1) is 29.3 Å². The monoisotopic (exact) mass is 416 g/mol. The summed E-state index contributed by atoms with van der Waals surface area (Å²) in [7, 11) is 3.77. The summed E-state index contributed by atoms with van der Waals surface area (Å²) in [6, 6.07) is 11.6. The number of aliphatic hydroxyl groups is 1. The van der Waals surface area contributed by atoms with Crippen LogP contribution in [0.25, 0.3) is 10.9 Å². The largest absolute Gasteiger partial charge is 0.504 e. The van der Waals surface area contributed by atoms with Gasteiger partial charge in [-0.15, -0.1) is 0 Å². The molecule has 6 heteroatoms. The lowest BCUT2D eigenvalue weighted by molar-refractivity contribution is -0.168. The fourth-order valence-corrected chi connectivity index (χ4v) is 7.05. The second kappa shape index (κ2) is 5.50. The number of fused-ring (bicyclic) bond motifs is 3. The van der Waals surface area contributed by atoms with Crippen molar-refractivity contribution in [1.82, 2.24) is 9.88 Å². The molecule has 158 valence electrons. The fourth-order valence-electron chi connectivity index (χ4n) is 7.05. The number of phenols is 1. The molecule has 6 nitrogen and oxygen atoms in total. The van der Waals surface area contributed by atoms with E-state index in [2.05, 4.69) is 11.9 Å². The van der Waals surface area contributed by atoms with Crippen molar-refractivity contribution in [2.45, 2.75) is 42.4 Å². The van der Waals surface area contributed by atoms with Gasteiger partial charge in [-0.25, -0.2) is 4.98 Å². The van der Waals surface area contributed by atoms with Gasteiger partial charge in [0.15, 0.2) is 17.6 Å². The number of methoxy groups -OCH3 is 1. The van der Waals surface area contributed by atoms with Gasteiger partial charge in [-0.1, -0.05) is 18.2 Å². The Balaban J connectivity index is 1.61. The number of phenolic OH excluding ortho intramolecular Hbond substituents is 1. The number of ether oxygens (including phenoxy) is 2. The van der Waals surface area contributed by atoms with Crippen LogP contribution in [0, 0.1) is 0 Å². The molecule has 2 aliphatic carbocycles. The molecule has 3 heterocycles. The molecule has 0 radical (unpaired) electrons. The van der Waals surface area contributed by atoms with Gasteiger partial charge >= 0.3 is 0 Å². The number of benzene rings is 2. The zero-order chi connectivity index (χ0) is 21.1. The van der Waals surface area contributed by atoms with E-state index in [4.69, 9.17) is 14.5 Å². The molecule has 3 unspecified atom stereocenters. The second-order valence-corrected chi connectivity index (χ2v) is 9.49. The summed E-state index contributed by atoms with van der Waals surface area (Å²) in [5.41, 5.74) is 3.08. The van der Waals surface area contributed by atoms with Crippen LogP contribution in [0.5, 0.6) is 17.2 Å². The highest BCUT2D eigenvalue weighted by Crippen LogP contribution is 2.69. The van der Waals surface area contributed by atoms with Gasteiger partial charge in [0.1, 0.15) is 5.75 Å². The fraction of sp³-hybridized carbons (Fsp3) is 0.400. The zero-order valence-corrected chi connectivity index (χ0v) is 17.6. The number of aromatic hydroxyl groups is 1. The molecule has 1 fully saturated rings. The standard InChI is InChI=1S/C25H24N2O4/c1-27-10-9-24-19-13-7-8-17(28)22(19)31-23(24)20-15(12-25(24,29)18(27)11-13)21(30-2)14-5-3-4-6-16(14)26-20/h3-8,18,23,28-29H,9-12H2,1-2H3/t18?,23?,24-,25?/m0/s1. The van der Waals surface area contributed by atoms with Crippen molar-refractivity contribution < 1.29 is 19.7 Å². The summed E-state index contributed by atoms with van der Waals surface area (Å²) in [4.78, 5) is 7.33. The molecule has 4 aliphatic rings. The first-order chi connectivity index (χ1) is 15.0. The average Bonchev–Trinajstić information content (AvgIpc) is 3.12. The van der Waals surface area contributed by atoms with Crippen LogP contribution < -0.4 is 9.47 Å². The average molecular weight is 416 g/mol. The molecule has 31 heavy (non-hydrogen) atoms. The predicted octanol–water partition coefficient (Wildman–Crippen LogP) is 2.87. The molecule has 3 aromatic rings. The minimum atomic E-state index is -1.04. The van der Waals surface area contributed by atoms with Crippen LogP contribution in [0.4, 0.5) is 0 Å². The molecule has 0 saturated carbocycles. The van der Waals surface area contributed by atoms with Crippen molar-refractivity contribution >= 4 is 10.9 Å². The number of likely N-dealkylation sites (N-methyl/N-ethyl adjacent to an activating group) is 1. The van der Waals surface area contributed by atoms with Crippen molar-refractivity contribution in [3.05, 3.63) is 58.8 Å². The van der Waals surface area contributed by atoms with Crippen LogP contribution in [0.15, 0.2) is 36.4 Å². The maximum Gasteiger partial charge on any atom is 0.166 e. The number of likely N-dealkylation sites (tertiary alicyclic amines) is 1. The molecule has 1 aromatic heterocycles. The quantitative estimate of drug-likeness (QED) is 0.636. The number of rotatable bonds is 1. The highest BCUT2D eigenvalue weighted by atomic mass is 16.5. The van der Waals surface area contributed by atoms with Crippen LogP contribution in [0.3, 0.4) is 0 Å². The first-order valence-corrected chi connectivity index (χ1v) is 10.9. The van der Waals surface area contributed by atoms with Crippen molar-refractivity contribution in [1.29, 1.82) is 0 Å². The first kappa shape index (κ1) is 17.8. The molecular weight excluding hydrogens is 392 g/mol. The Bertz CT molecular complexity index is 1290. The van der Waals surface area contributed by atoms with Gasteiger partial charge in [0.25, 0.3) is 0 Å². The van der Waals surface area contributed by atoms with Crippen LogP contribution in [-0.2, 0) is 18.3 Å². The van der Waals surface area contributed by atoms with Gasteiger partial charge in [-0.05, 0) is 50.2 Å². The van der Waals surface area contributed by atoms with E-state index in [0.29, 0.717) is 12.2 Å². The number of pyridine rings is 1. The Labute approximate surface area is 180 Å². The van der Waals surface area contributed by atoms with E-state index in [1.54, 1.807) is 13.2 Å². The lowest BCUT2D eigenvalue weighted by Gasteiger charge is -2.62. The SMILES string of the molecule is COc1c2c(nc3ccccc13)C1Oc3c(O)ccc4c3[C@@]13CCN(C)C(C4)C3(O)C2. The van der Waals surface area contributed by atoms with Gasteiger partial charge in [0.2, 0.25) is 0 Å². The summed E-state index contributed by atoms with van der Waals surface area (Å²) in [6.45, 7) is 0.863. The minimum Gasteiger partial charge on any atom is -0.504 e. The van der Waals surface area contributed by atoms with E-state index in [1.807, 2.05) is 30.3 Å². The second-order valence-electron chi connectivity index (χ2n) is 9.49. The molecule has 2 N–H and O–H groups in total. The van der Waals surface area contributed by atoms with E-state index in [9.17, 15) is 10.2 Å². The van der Waals surface area contributed by atoms with Crippen LogP contribution in [-0.4, -0.2) is 52.4 Å². The molecule has 7 rings (SSSR count). The lowest BCUT2D eigenvalue weighted by Crippen LogP contribution is -2.74. The molecule has 0 amide bonds. The van der Waals surface area contributed by atoms with E-state index in [-0.39, 0.29) is 11.8 Å². The maximum absolute atomic E-state index is 12.5. The van der Waals surface area contributed by atoms with Crippen molar-refractivity contribution in [2.75, 3.05) is 20.7 Å². The molecule has 2 aliphatic heterocycles. The summed E-state index contributed by atoms with van der Waals surface area (Å²) in [6.07, 6.45) is 1.47. The number of hydrogen-bond acceptors (Lipinski definition) is 6. The van der Waals surface area contributed by atoms with Crippen LogP contribution in [0.2, 0.25) is 0 Å².